The van der Waals surface area contributed by atoms with Crippen molar-refractivity contribution in [3.8, 4) is 0 Å². The lowest BCUT2D eigenvalue weighted by Gasteiger charge is -2.07. The maximum Gasteiger partial charge on any atom is 0.281 e. The van der Waals surface area contributed by atoms with Gasteiger partial charge in [-0.1, -0.05) is 0 Å². The molecule has 1 amide bonds. The Morgan fingerprint density at radius 3 is 2.82 bits per heavy atom. The van der Waals surface area contributed by atoms with Crippen LogP contribution in [0.15, 0.2) is 28.8 Å². The molecule has 22 heavy (non-hydrogen) atoms. The van der Waals surface area contributed by atoms with E-state index in [4.69, 9.17) is 0 Å². The summed E-state index contributed by atoms with van der Waals surface area (Å²) in [6.07, 6.45) is 3.61. The molecule has 0 aliphatic heterocycles. The molecule has 0 unspecified atom stereocenters. The highest BCUT2D eigenvalue weighted by Gasteiger charge is 2.15. The van der Waals surface area contributed by atoms with Gasteiger partial charge in [-0.2, -0.15) is 10.1 Å². The minimum Gasteiger partial charge on any atom is -0.327 e. The van der Waals surface area contributed by atoms with E-state index in [1.165, 1.54) is 11.3 Å². The molecule has 0 aliphatic rings. The van der Waals surface area contributed by atoms with Crippen LogP contribution < -0.4 is 4.80 Å². The number of pyridine rings is 1. The van der Waals surface area contributed by atoms with Gasteiger partial charge in [-0.15, -0.1) is 11.3 Å². The van der Waals surface area contributed by atoms with Gasteiger partial charge in [0.15, 0.2) is 10.4 Å². The highest BCUT2D eigenvalue weighted by Crippen LogP contribution is 2.19. The van der Waals surface area contributed by atoms with E-state index in [0.29, 0.717) is 16.1 Å². The van der Waals surface area contributed by atoms with E-state index in [9.17, 15) is 4.79 Å². The van der Waals surface area contributed by atoms with Gasteiger partial charge in [0.05, 0.1) is 17.5 Å². The van der Waals surface area contributed by atoms with Crippen molar-refractivity contribution in [2.24, 2.45) is 12.0 Å². The van der Waals surface area contributed by atoms with Crippen LogP contribution in [0.25, 0.3) is 11.0 Å². The summed E-state index contributed by atoms with van der Waals surface area (Å²) in [5.74, 6) is -0.276. The number of hydrogen-bond acceptors (Lipinski definition) is 4. The second kappa shape index (κ2) is 5.49. The Balaban J connectivity index is 2.10. The van der Waals surface area contributed by atoms with Gasteiger partial charge in [0.1, 0.15) is 0 Å². The largest absolute Gasteiger partial charge is 0.327 e. The Morgan fingerprint density at radius 1 is 1.41 bits per heavy atom. The van der Waals surface area contributed by atoms with Gasteiger partial charge in [0, 0.05) is 30.1 Å². The summed E-state index contributed by atoms with van der Waals surface area (Å²) in [6.45, 7) is 5.93. The van der Waals surface area contributed by atoms with Gasteiger partial charge in [-0.05, 0) is 26.8 Å². The lowest BCUT2D eigenvalue weighted by molar-refractivity contribution is 0.0997. The SMILES string of the molecule is Cc1nc2c(cnn2C(C)C)cc1C(=O)N=c1sccn1C. The van der Waals surface area contributed by atoms with Crippen LogP contribution in [0.5, 0.6) is 0 Å². The van der Waals surface area contributed by atoms with Crippen molar-refractivity contribution in [3.63, 3.8) is 0 Å². The van der Waals surface area contributed by atoms with Crippen molar-refractivity contribution in [2.75, 3.05) is 0 Å². The number of fused-ring (bicyclic) bond motifs is 1. The summed E-state index contributed by atoms with van der Waals surface area (Å²) < 4.78 is 3.67. The smallest absolute Gasteiger partial charge is 0.281 e. The minimum absolute atomic E-state index is 0.223. The molecule has 0 bridgehead atoms. The molecule has 0 saturated carbocycles. The summed E-state index contributed by atoms with van der Waals surface area (Å²) in [7, 11) is 1.86. The highest BCUT2D eigenvalue weighted by molar-refractivity contribution is 7.07. The molecular weight excluding hydrogens is 298 g/mol. The molecule has 0 radical (unpaired) electrons. The number of thiazole rings is 1. The number of carbonyl (C=O) groups is 1. The minimum atomic E-state index is -0.276. The number of amides is 1. The number of carbonyl (C=O) groups excluding carboxylic acids is 1. The Morgan fingerprint density at radius 2 is 2.18 bits per heavy atom. The Hall–Kier alpha value is -2.28. The van der Waals surface area contributed by atoms with E-state index in [2.05, 4.69) is 28.9 Å². The third kappa shape index (κ3) is 2.48. The fourth-order valence-corrected chi connectivity index (χ4v) is 2.97. The maximum absolute atomic E-state index is 12.4. The molecule has 3 heterocycles. The zero-order valence-electron chi connectivity index (χ0n) is 12.9. The summed E-state index contributed by atoms with van der Waals surface area (Å²) in [5.41, 5.74) is 1.98. The van der Waals surface area contributed by atoms with Crippen LogP contribution in [0.3, 0.4) is 0 Å². The molecule has 3 rings (SSSR count). The standard InChI is InChI=1S/C15H17N5OS/c1-9(2)20-13-11(8-16-20)7-12(10(3)17-13)14(21)18-15-19(4)5-6-22-15/h5-9H,1-4H3. The quantitative estimate of drug-likeness (QED) is 0.729. The second-order valence-corrected chi connectivity index (χ2v) is 6.30. The molecule has 7 heteroatoms. The van der Waals surface area contributed by atoms with Gasteiger partial charge < -0.3 is 4.57 Å². The molecule has 0 N–H and O–H groups in total. The molecule has 0 spiro atoms. The Labute approximate surface area is 131 Å². The summed E-state index contributed by atoms with van der Waals surface area (Å²) in [6, 6.07) is 2.05. The molecule has 0 aliphatic carbocycles. The van der Waals surface area contributed by atoms with Crippen LogP contribution in [0.4, 0.5) is 0 Å². The fourth-order valence-electron chi connectivity index (χ4n) is 2.24. The molecule has 0 fully saturated rings. The number of hydrogen-bond donors (Lipinski definition) is 0. The van der Waals surface area contributed by atoms with E-state index in [1.807, 2.05) is 40.9 Å². The number of rotatable bonds is 2. The van der Waals surface area contributed by atoms with E-state index in [-0.39, 0.29) is 11.9 Å². The van der Waals surface area contributed by atoms with Crippen molar-refractivity contribution in [1.29, 1.82) is 0 Å². The molecule has 3 aromatic rings. The molecule has 3 aromatic heterocycles. The third-order valence-electron chi connectivity index (χ3n) is 3.44. The van der Waals surface area contributed by atoms with Gasteiger partial charge in [-0.3, -0.25) is 4.79 Å². The van der Waals surface area contributed by atoms with Gasteiger partial charge in [0.25, 0.3) is 5.91 Å². The first kappa shape index (κ1) is 14.6. The van der Waals surface area contributed by atoms with Crippen molar-refractivity contribution in [1.82, 2.24) is 19.3 Å². The van der Waals surface area contributed by atoms with Gasteiger partial charge in [0.2, 0.25) is 0 Å². The number of nitrogens with zero attached hydrogens (tertiary/aromatic N) is 5. The number of aromatic nitrogens is 4. The summed E-state index contributed by atoms with van der Waals surface area (Å²) >= 11 is 1.43. The lowest BCUT2D eigenvalue weighted by atomic mass is 10.1. The topological polar surface area (TPSA) is 65.1 Å². The first-order chi connectivity index (χ1) is 10.5. The molecule has 114 valence electrons. The third-order valence-corrected chi connectivity index (χ3v) is 4.28. The predicted molar refractivity (Wildman–Crippen MR) is 85.8 cm³/mol. The maximum atomic E-state index is 12.4. The average Bonchev–Trinajstić information content (AvgIpc) is 3.04. The molecule has 0 aromatic carbocycles. The fraction of sp³-hybridized carbons (Fsp3) is 0.333. The van der Waals surface area contributed by atoms with Crippen molar-refractivity contribution in [3.05, 3.63) is 39.9 Å². The highest BCUT2D eigenvalue weighted by atomic mass is 32.1. The van der Waals surface area contributed by atoms with Crippen molar-refractivity contribution >= 4 is 28.3 Å². The van der Waals surface area contributed by atoms with Gasteiger partial charge >= 0.3 is 0 Å². The zero-order valence-corrected chi connectivity index (χ0v) is 13.8. The molecule has 0 atom stereocenters. The predicted octanol–water partition coefficient (Wildman–Crippen LogP) is 2.46. The Kier molecular flexibility index (Phi) is 3.66. The molecule has 6 nitrogen and oxygen atoms in total. The van der Waals surface area contributed by atoms with Crippen LogP contribution in [0.2, 0.25) is 0 Å². The normalized spacial score (nSPS) is 12.5. The van der Waals surface area contributed by atoms with E-state index in [1.54, 1.807) is 6.20 Å². The average molecular weight is 315 g/mol. The van der Waals surface area contributed by atoms with E-state index < -0.39 is 0 Å². The monoisotopic (exact) mass is 315 g/mol. The van der Waals surface area contributed by atoms with E-state index >= 15 is 0 Å². The molecule has 0 saturated heterocycles. The first-order valence-electron chi connectivity index (χ1n) is 7.01. The summed E-state index contributed by atoms with van der Waals surface area (Å²) in [5, 5.41) is 7.09. The summed E-state index contributed by atoms with van der Waals surface area (Å²) in [4.78, 5) is 21.8. The molecular formula is C15H17N5OS. The van der Waals surface area contributed by atoms with Crippen molar-refractivity contribution < 1.29 is 4.79 Å². The van der Waals surface area contributed by atoms with Gasteiger partial charge in [-0.25, -0.2) is 9.67 Å². The van der Waals surface area contributed by atoms with E-state index in [0.717, 1.165) is 11.0 Å². The number of aryl methyl sites for hydroxylation is 2. The lowest BCUT2D eigenvalue weighted by Crippen LogP contribution is -2.13. The second-order valence-electron chi connectivity index (χ2n) is 5.43. The van der Waals surface area contributed by atoms with Crippen LogP contribution in [-0.4, -0.2) is 25.2 Å². The van der Waals surface area contributed by atoms with Crippen LogP contribution in [-0.2, 0) is 7.05 Å². The zero-order chi connectivity index (χ0) is 15.9. The Bertz CT molecular complexity index is 916. The van der Waals surface area contributed by atoms with Crippen LogP contribution in [0, 0.1) is 6.92 Å². The van der Waals surface area contributed by atoms with Crippen LogP contribution in [0.1, 0.15) is 35.9 Å². The van der Waals surface area contributed by atoms with Crippen LogP contribution >= 0.6 is 11.3 Å². The van der Waals surface area contributed by atoms with Crippen molar-refractivity contribution in [2.45, 2.75) is 26.8 Å². The first-order valence-corrected chi connectivity index (χ1v) is 7.89.